The van der Waals surface area contributed by atoms with Gasteiger partial charge in [-0.25, -0.2) is 0 Å². The first-order valence-corrected chi connectivity index (χ1v) is 9.96. The number of carbonyl (C=O) groups excluding carboxylic acids is 1. The standard InChI is InChI=1S/C19H35N3O2.2ClH/c1-3-24-12-4-10-22-11-5-17(15(2)14-22)21-18(23)16-13-19(16)6-8-20-9-7-19;;/h15-17,20H,3-14H2,1-2H3,(H,21,23);2*1H. The molecule has 0 bridgehead atoms. The molecule has 3 atom stereocenters. The van der Waals surface area contributed by atoms with Gasteiger partial charge in [-0.15, -0.1) is 24.8 Å². The molecule has 1 aliphatic carbocycles. The van der Waals surface area contributed by atoms with Crippen molar-refractivity contribution in [2.75, 3.05) is 45.9 Å². The van der Waals surface area contributed by atoms with Crippen LogP contribution in [0.3, 0.4) is 0 Å². The molecule has 1 spiro atoms. The second kappa shape index (κ2) is 11.1. The fourth-order valence-electron chi connectivity index (χ4n) is 4.66. The lowest BCUT2D eigenvalue weighted by atomic mass is 9.90. The first-order valence-electron chi connectivity index (χ1n) is 9.96. The van der Waals surface area contributed by atoms with Crippen LogP contribution in [0, 0.1) is 17.3 Å². The summed E-state index contributed by atoms with van der Waals surface area (Å²) in [6.07, 6.45) is 5.67. The van der Waals surface area contributed by atoms with Gasteiger partial charge < -0.3 is 20.3 Å². The number of carbonyl (C=O) groups is 1. The van der Waals surface area contributed by atoms with E-state index in [1.165, 1.54) is 12.8 Å². The molecule has 154 valence electrons. The van der Waals surface area contributed by atoms with Gasteiger partial charge in [0.2, 0.25) is 5.91 Å². The van der Waals surface area contributed by atoms with E-state index in [2.05, 4.69) is 22.5 Å². The van der Waals surface area contributed by atoms with Gasteiger partial charge in [0, 0.05) is 44.8 Å². The summed E-state index contributed by atoms with van der Waals surface area (Å²) >= 11 is 0. The quantitative estimate of drug-likeness (QED) is 0.634. The fraction of sp³-hybridized carbons (Fsp3) is 0.947. The monoisotopic (exact) mass is 409 g/mol. The van der Waals surface area contributed by atoms with E-state index >= 15 is 0 Å². The van der Waals surface area contributed by atoms with Crippen LogP contribution in [-0.4, -0.2) is 62.8 Å². The Hall–Kier alpha value is -0.0700. The summed E-state index contributed by atoms with van der Waals surface area (Å²) in [5.74, 6) is 1.16. The zero-order valence-corrected chi connectivity index (χ0v) is 17.9. The van der Waals surface area contributed by atoms with E-state index in [4.69, 9.17) is 4.74 Å². The Kier molecular flexibility index (Phi) is 10.2. The molecule has 2 heterocycles. The summed E-state index contributed by atoms with van der Waals surface area (Å²) in [6.45, 7) is 11.5. The lowest BCUT2D eigenvalue weighted by Gasteiger charge is -2.37. The normalized spacial score (nSPS) is 30.2. The van der Waals surface area contributed by atoms with Crippen LogP contribution in [0.1, 0.15) is 46.0 Å². The van der Waals surface area contributed by atoms with Gasteiger partial charge in [-0.05, 0) is 63.5 Å². The van der Waals surface area contributed by atoms with Crippen molar-refractivity contribution in [2.24, 2.45) is 17.3 Å². The average Bonchev–Trinajstić information content (AvgIpc) is 3.28. The summed E-state index contributed by atoms with van der Waals surface area (Å²) in [5.41, 5.74) is 0.346. The molecule has 7 heteroatoms. The summed E-state index contributed by atoms with van der Waals surface area (Å²) < 4.78 is 5.43. The minimum atomic E-state index is 0. The minimum Gasteiger partial charge on any atom is -0.382 e. The smallest absolute Gasteiger partial charge is 0.223 e. The molecule has 0 aromatic heterocycles. The topological polar surface area (TPSA) is 53.6 Å². The molecule has 1 amide bonds. The Morgan fingerprint density at radius 1 is 1.31 bits per heavy atom. The van der Waals surface area contributed by atoms with E-state index in [0.29, 0.717) is 23.3 Å². The van der Waals surface area contributed by atoms with Gasteiger partial charge in [-0.3, -0.25) is 4.79 Å². The number of hydrogen-bond acceptors (Lipinski definition) is 4. The SMILES string of the molecule is CCOCCCN1CCC(NC(=O)C2CC23CCNCC3)C(C)C1.Cl.Cl. The second-order valence-corrected chi connectivity index (χ2v) is 8.10. The Balaban J connectivity index is 0.00000169. The molecule has 0 aromatic carbocycles. The van der Waals surface area contributed by atoms with Gasteiger partial charge in [-0.1, -0.05) is 6.92 Å². The largest absolute Gasteiger partial charge is 0.382 e. The molecule has 26 heavy (non-hydrogen) atoms. The highest BCUT2D eigenvalue weighted by molar-refractivity contribution is 5.85. The molecule has 2 aliphatic heterocycles. The number of nitrogens with one attached hydrogen (secondary N) is 2. The first-order chi connectivity index (χ1) is 11.6. The molecule has 2 saturated heterocycles. The molecule has 1 saturated carbocycles. The van der Waals surface area contributed by atoms with Crippen LogP contribution in [0.2, 0.25) is 0 Å². The van der Waals surface area contributed by atoms with E-state index in [-0.39, 0.29) is 30.7 Å². The van der Waals surface area contributed by atoms with Crippen LogP contribution in [0.25, 0.3) is 0 Å². The highest BCUT2D eigenvalue weighted by Gasteiger charge is 2.57. The third-order valence-electron chi connectivity index (χ3n) is 6.39. The molecular formula is C19H37Cl2N3O2. The third kappa shape index (κ3) is 5.96. The second-order valence-electron chi connectivity index (χ2n) is 8.10. The Bertz CT molecular complexity index is 433. The van der Waals surface area contributed by atoms with Gasteiger partial charge in [0.1, 0.15) is 0 Å². The maximum atomic E-state index is 12.7. The molecule has 3 fully saturated rings. The van der Waals surface area contributed by atoms with E-state index in [0.717, 1.165) is 65.2 Å². The number of likely N-dealkylation sites (tertiary alicyclic amines) is 1. The van der Waals surface area contributed by atoms with Crippen LogP contribution in [0.4, 0.5) is 0 Å². The van der Waals surface area contributed by atoms with E-state index in [1.807, 2.05) is 6.92 Å². The van der Waals surface area contributed by atoms with Crippen LogP contribution in [-0.2, 0) is 9.53 Å². The van der Waals surface area contributed by atoms with Crippen LogP contribution >= 0.6 is 24.8 Å². The first kappa shape index (κ1) is 24.0. The van der Waals surface area contributed by atoms with Crippen LogP contribution < -0.4 is 10.6 Å². The predicted molar refractivity (Wildman–Crippen MR) is 110 cm³/mol. The number of amides is 1. The van der Waals surface area contributed by atoms with Crippen LogP contribution in [0.15, 0.2) is 0 Å². The van der Waals surface area contributed by atoms with Crippen molar-refractivity contribution >= 4 is 30.7 Å². The van der Waals surface area contributed by atoms with Gasteiger partial charge in [0.15, 0.2) is 0 Å². The highest BCUT2D eigenvalue weighted by Crippen LogP contribution is 2.58. The number of ether oxygens (including phenoxy) is 1. The molecule has 5 nitrogen and oxygen atoms in total. The van der Waals surface area contributed by atoms with Crippen molar-refractivity contribution in [3.8, 4) is 0 Å². The Morgan fingerprint density at radius 3 is 2.69 bits per heavy atom. The van der Waals surface area contributed by atoms with E-state index in [1.54, 1.807) is 0 Å². The van der Waals surface area contributed by atoms with Crippen molar-refractivity contribution in [3.63, 3.8) is 0 Å². The van der Waals surface area contributed by atoms with Crippen molar-refractivity contribution in [3.05, 3.63) is 0 Å². The summed E-state index contributed by atoms with van der Waals surface area (Å²) in [6, 6.07) is 0.361. The number of rotatable bonds is 7. The zero-order valence-electron chi connectivity index (χ0n) is 16.3. The third-order valence-corrected chi connectivity index (χ3v) is 6.39. The maximum absolute atomic E-state index is 12.7. The molecule has 2 N–H and O–H groups in total. The average molecular weight is 410 g/mol. The number of hydrogen-bond donors (Lipinski definition) is 2. The molecule has 0 radical (unpaired) electrons. The van der Waals surface area contributed by atoms with Gasteiger partial charge in [0.05, 0.1) is 0 Å². The molecular weight excluding hydrogens is 373 g/mol. The molecule has 3 rings (SSSR count). The van der Waals surface area contributed by atoms with Gasteiger partial charge in [-0.2, -0.15) is 0 Å². The number of nitrogens with zero attached hydrogens (tertiary/aromatic N) is 1. The van der Waals surface area contributed by atoms with Crippen molar-refractivity contribution < 1.29 is 9.53 Å². The maximum Gasteiger partial charge on any atom is 0.223 e. The van der Waals surface area contributed by atoms with Gasteiger partial charge >= 0.3 is 0 Å². The lowest BCUT2D eigenvalue weighted by Crippen LogP contribution is -2.51. The molecule has 3 aliphatic rings. The summed E-state index contributed by atoms with van der Waals surface area (Å²) in [7, 11) is 0. The summed E-state index contributed by atoms with van der Waals surface area (Å²) in [5, 5.41) is 6.80. The Labute approximate surface area is 171 Å². The molecule has 0 aromatic rings. The Morgan fingerprint density at radius 2 is 2.04 bits per heavy atom. The molecule has 3 unspecified atom stereocenters. The number of piperidine rings is 2. The van der Waals surface area contributed by atoms with Crippen LogP contribution in [0.5, 0.6) is 0 Å². The highest BCUT2D eigenvalue weighted by atomic mass is 35.5. The summed E-state index contributed by atoms with van der Waals surface area (Å²) in [4.78, 5) is 15.2. The predicted octanol–water partition coefficient (Wildman–Crippen LogP) is 2.47. The van der Waals surface area contributed by atoms with E-state index in [9.17, 15) is 4.79 Å². The minimum absolute atomic E-state index is 0. The lowest BCUT2D eigenvalue weighted by molar-refractivity contribution is -0.124. The fourth-order valence-corrected chi connectivity index (χ4v) is 4.66. The van der Waals surface area contributed by atoms with Crippen molar-refractivity contribution in [2.45, 2.75) is 52.0 Å². The van der Waals surface area contributed by atoms with Crippen molar-refractivity contribution in [1.29, 1.82) is 0 Å². The number of halogens is 2. The van der Waals surface area contributed by atoms with Crippen molar-refractivity contribution in [1.82, 2.24) is 15.5 Å². The van der Waals surface area contributed by atoms with Gasteiger partial charge in [0.25, 0.3) is 0 Å². The van der Waals surface area contributed by atoms with E-state index < -0.39 is 0 Å². The zero-order chi connectivity index (χ0) is 17.0.